The molecule has 22 heavy (non-hydrogen) atoms. The Labute approximate surface area is 120 Å². The fourth-order valence-electron chi connectivity index (χ4n) is 1.70. The van der Waals surface area contributed by atoms with Gasteiger partial charge >= 0.3 is 6.18 Å². The number of ether oxygens (including phenoxy) is 1. The molecule has 0 N–H and O–H groups in total. The summed E-state index contributed by atoms with van der Waals surface area (Å²) in [7, 11) is 0.904. The number of hydrogen-bond donors (Lipinski definition) is 0. The van der Waals surface area contributed by atoms with E-state index in [-0.39, 0.29) is 17.1 Å². The first kappa shape index (κ1) is 15.6. The maximum Gasteiger partial charge on any atom is 0.424 e. The predicted octanol–water partition coefficient (Wildman–Crippen LogP) is 3.22. The minimum Gasteiger partial charge on any atom is -0.480 e. The van der Waals surface area contributed by atoms with Gasteiger partial charge in [0.05, 0.1) is 23.4 Å². The van der Waals surface area contributed by atoms with E-state index in [0.29, 0.717) is 6.07 Å². The first-order valence-corrected chi connectivity index (χ1v) is 5.66. The highest BCUT2D eigenvalue weighted by molar-refractivity contribution is 5.59. The van der Waals surface area contributed by atoms with Crippen LogP contribution < -0.4 is 4.74 Å². The molecule has 0 radical (unpaired) electrons. The zero-order valence-electron chi connectivity index (χ0n) is 10.9. The fourth-order valence-corrected chi connectivity index (χ4v) is 1.70. The summed E-state index contributed by atoms with van der Waals surface area (Å²) in [5.74, 6) is -2.58. The average Bonchev–Trinajstić information content (AvgIpc) is 2.45. The van der Waals surface area contributed by atoms with Crippen molar-refractivity contribution in [3.63, 3.8) is 0 Å². The standard InChI is InChI=1S/C12H7F4N3O3/c1-22-11-10(12(14,15)16)7(13)5-9(18-11)8-4-6(19(20)21)2-3-17-8/h2-5H,1H3. The van der Waals surface area contributed by atoms with Crippen molar-refractivity contribution in [1.82, 2.24) is 9.97 Å². The summed E-state index contributed by atoms with van der Waals surface area (Å²) in [6.07, 6.45) is -3.92. The number of halogens is 4. The highest BCUT2D eigenvalue weighted by Crippen LogP contribution is 2.38. The van der Waals surface area contributed by atoms with Crippen LogP contribution in [0, 0.1) is 15.9 Å². The lowest BCUT2D eigenvalue weighted by Crippen LogP contribution is -2.12. The molecule has 10 heteroatoms. The molecule has 2 aromatic rings. The molecule has 0 aliphatic rings. The monoisotopic (exact) mass is 317 g/mol. The van der Waals surface area contributed by atoms with Crippen LogP contribution >= 0.6 is 0 Å². The fraction of sp³-hybridized carbons (Fsp3) is 0.167. The van der Waals surface area contributed by atoms with Crippen LogP contribution in [0.15, 0.2) is 24.4 Å². The molecule has 0 bridgehead atoms. The molecular weight excluding hydrogens is 310 g/mol. The number of nitro groups is 1. The molecule has 0 saturated carbocycles. The SMILES string of the molecule is COc1nc(-c2cc([N+](=O)[O-])ccn2)cc(F)c1C(F)(F)F. The third-order valence-corrected chi connectivity index (χ3v) is 2.63. The van der Waals surface area contributed by atoms with Crippen molar-refractivity contribution in [2.75, 3.05) is 7.11 Å². The van der Waals surface area contributed by atoms with E-state index in [1.54, 1.807) is 0 Å². The quantitative estimate of drug-likeness (QED) is 0.493. The van der Waals surface area contributed by atoms with Crippen LogP contribution in [-0.2, 0) is 6.18 Å². The Morgan fingerprint density at radius 3 is 2.50 bits per heavy atom. The Hall–Kier alpha value is -2.78. The Kier molecular flexibility index (Phi) is 3.93. The second-order valence-electron chi connectivity index (χ2n) is 4.03. The van der Waals surface area contributed by atoms with Crippen LogP contribution in [0.3, 0.4) is 0 Å². The van der Waals surface area contributed by atoms with Gasteiger partial charge in [0.1, 0.15) is 5.82 Å². The summed E-state index contributed by atoms with van der Waals surface area (Å²) in [6, 6.07) is 2.55. The molecule has 0 fully saturated rings. The van der Waals surface area contributed by atoms with Crippen molar-refractivity contribution in [3.05, 3.63) is 45.9 Å². The summed E-state index contributed by atoms with van der Waals surface area (Å²) in [4.78, 5) is 17.2. The van der Waals surface area contributed by atoms with E-state index >= 15 is 0 Å². The lowest BCUT2D eigenvalue weighted by molar-refractivity contribution is -0.384. The molecule has 0 spiro atoms. The highest BCUT2D eigenvalue weighted by Gasteiger charge is 2.39. The van der Waals surface area contributed by atoms with Crippen molar-refractivity contribution in [2.24, 2.45) is 0 Å². The number of pyridine rings is 2. The Balaban J connectivity index is 2.61. The Morgan fingerprint density at radius 2 is 1.95 bits per heavy atom. The van der Waals surface area contributed by atoms with Crippen molar-refractivity contribution >= 4 is 5.69 Å². The van der Waals surface area contributed by atoms with Gasteiger partial charge in [0.2, 0.25) is 5.88 Å². The number of aromatic nitrogens is 2. The second-order valence-corrected chi connectivity index (χ2v) is 4.03. The van der Waals surface area contributed by atoms with Crippen LogP contribution in [0.2, 0.25) is 0 Å². The summed E-state index contributed by atoms with van der Waals surface area (Å²) in [6.45, 7) is 0. The molecule has 2 rings (SSSR count). The van der Waals surface area contributed by atoms with Crippen LogP contribution in [0.25, 0.3) is 11.4 Å². The van der Waals surface area contributed by atoms with Crippen molar-refractivity contribution < 1.29 is 27.2 Å². The van der Waals surface area contributed by atoms with Gasteiger partial charge in [0, 0.05) is 24.4 Å². The molecule has 0 aliphatic carbocycles. The van der Waals surface area contributed by atoms with E-state index in [1.807, 2.05) is 0 Å². The molecule has 116 valence electrons. The maximum absolute atomic E-state index is 13.7. The van der Waals surface area contributed by atoms with E-state index in [4.69, 9.17) is 0 Å². The summed E-state index contributed by atoms with van der Waals surface area (Å²) < 4.78 is 56.4. The topological polar surface area (TPSA) is 78.2 Å². The lowest BCUT2D eigenvalue weighted by Gasteiger charge is -2.13. The Morgan fingerprint density at radius 1 is 1.27 bits per heavy atom. The van der Waals surface area contributed by atoms with Gasteiger partial charge in [0.15, 0.2) is 5.56 Å². The molecule has 6 nitrogen and oxygen atoms in total. The largest absolute Gasteiger partial charge is 0.480 e. The van der Waals surface area contributed by atoms with Crippen molar-refractivity contribution in [2.45, 2.75) is 6.18 Å². The first-order chi connectivity index (χ1) is 10.2. The van der Waals surface area contributed by atoms with Crippen LogP contribution in [0.1, 0.15) is 5.56 Å². The smallest absolute Gasteiger partial charge is 0.424 e. The molecule has 0 unspecified atom stereocenters. The maximum atomic E-state index is 13.7. The van der Waals surface area contributed by atoms with E-state index in [1.165, 1.54) is 0 Å². The summed E-state index contributed by atoms with van der Waals surface area (Å²) >= 11 is 0. The molecule has 0 aromatic carbocycles. The van der Waals surface area contributed by atoms with Gasteiger partial charge in [-0.2, -0.15) is 13.2 Å². The predicted molar refractivity (Wildman–Crippen MR) is 65.6 cm³/mol. The number of nitrogens with zero attached hydrogens (tertiary/aromatic N) is 3. The minimum absolute atomic E-state index is 0.153. The molecule has 0 atom stereocenters. The third-order valence-electron chi connectivity index (χ3n) is 2.63. The molecule has 0 aliphatic heterocycles. The van der Waals surface area contributed by atoms with Gasteiger partial charge < -0.3 is 4.74 Å². The van der Waals surface area contributed by atoms with E-state index < -0.39 is 28.4 Å². The van der Waals surface area contributed by atoms with Gasteiger partial charge in [0.25, 0.3) is 5.69 Å². The van der Waals surface area contributed by atoms with Gasteiger partial charge in [-0.15, -0.1) is 0 Å². The number of methoxy groups -OCH3 is 1. The molecule has 2 aromatic heterocycles. The van der Waals surface area contributed by atoms with Crippen LogP contribution in [-0.4, -0.2) is 22.0 Å². The number of rotatable bonds is 3. The van der Waals surface area contributed by atoms with Gasteiger partial charge in [-0.3, -0.25) is 15.1 Å². The second kappa shape index (κ2) is 5.54. The molecule has 0 saturated heterocycles. The molecular formula is C12H7F4N3O3. The van der Waals surface area contributed by atoms with Crippen molar-refractivity contribution in [1.29, 1.82) is 0 Å². The normalized spacial score (nSPS) is 11.3. The summed E-state index contributed by atoms with van der Waals surface area (Å²) in [5, 5.41) is 10.7. The first-order valence-electron chi connectivity index (χ1n) is 5.66. The third kappa shape index (κ3) is 2.95. The average molecular weight is 317 g/mol. The molecule has 2 heterocycles. The zero-order valence-corrected chi connectivity index (χ0v) is 10.9. The van der Waals surface area contributed by atoms with Crippen LogP contribution in [0.5, 0.6) is 5.88 Å². The van der Waals surface area contributed by atoms with Gasteiger partial charge in [-0.1, -0.05) is 0 Å². The zero-order chi connectivity index (χ0) is 16.5. The number of alkyl halides is 3. The van der Waals surface area contributed by atoms with E-state index in [2.05, 4.69) is 14.7 Å². The van der Waals surface area contributed by atoms with Gasteiger partial charge in [-0.05, 0) is 0 Å². The molecule has 0 amide bonds. The highest BCUT2D eigenvalue weighted by atomic mass is 19.4. The summed E-state index contributed by atoms with van der Waals surface area (Å²) in [5.41, 5.74) is -2.47. The lowest BCUT2D eigenvalue weighted by atomic mass is 10.1. The Bertz CT molecular complexity index is 734. The van der Waals surface area contributed by atoms with Crippen molar-refractivity contribution in [3.8, 4) is 17.3 Å². The van der Waals surface area contributed by atoms with Gasteiger partial charge in [-0.25, -0.2) is 9.37 Å². The minimum atomic E-state index is -4.99. The van der Waals surface area contributed by atoms with E-state index in [0.717, 1.165) is 25.4 Å². The van der Waals surface area contributed by atoms with E-state index in [9.17, 15) is 27.7 Å². The number of hydrogen-bond acceptors (Lipinski definition) is 5. The van der Waals surface area contributed by atoms with Crippen LogP contribution in [0.4, 0.5) is 23.2 Å².